The Kier molecular flexibility index (Phi) is 8.32. The number of nitrogens with zero attached hydrogens (tertiary/aromatic N) is 1. The molecule has 0 heterocycles. The quantitative estimate of drug-likeness (QED) is 0.603. The predicted octanol–water partition coefficient (Wildman–Crippen LogP) is 5.14. The highest BCUT2D eigenvalue weighted by Crippen LogP contribution is 2.20. The van der Waals surface area contributed by atoms with Gasteiger partial charge in [0.25, 0.3) is 0 Å². The molecule has 1 fully saturated rings. The SMILES string of the molecule is CCC(C(=O)NC1CCCC1)N(Cc1ccc(Cl)cc1)C(=O)CCc1ccccc1. The van der Waals surface area contributed by atoms with Gasteiger partial charge >= 0.3 is 0 Å². The monoisotopic (exact) mass is 426 g/mol. The summed E-state index contributed by atoms with van der Waals surface area (Å²) < 4.78 is 0. The molecule has 1 saturated carbocycles. The minimum Gasteiger partial charge on any atom is -0.352 e. The van der Waals surface area contributed by atoms with Crippen molar-refractivity contribution in [3.63, 3.8) is 0 Å². The third-order valence-electron chi connectivity index (χ3n) is 5.82. The summed E-state index contributed by atoms with van der Waals surface area (Å²) in [5.74, 6) is -0.0337. The van der Waals surface area contributed by atoms with Crippen LogP contribution in [-0.2, 0) is 22.6 Å². The van der Waals surface area contributed by atoms with Crippen LogP contribution in [0.15, 0.2) is 54.6 Å². The maximum Gasteiger partial charge on any atom is 0.243 e. The summed E-state index contributed by atoms with van der Waals surface area (Å²) in [6.45, 7) is 2.37. The molecule has 0 radical (unpaired) electrons. The van der Waals surface area contributed by atoms with Crippen molar-refractivity contribution in [3.05, 3.63) is 70.7 Å². The van der Waals surface area contributed by atoms with Gasteiger partial charge in [-0.2, -0.15) is 0 Å². The average Bonchev–Trinajstić information content (AvgIpc) is 3.27. The number of carbonyl (C=O) groups excluding carboxylic acids is 2. The van der Waals surface area contributed by atoms with E-state index in [0.717, 1.165) is 36.8 Å². The highest BCUT2D eigenvalue weighted by molar-refractivity contribution is 6.30. The van der Waals surface area contributed by atoms with E-state index in [1.54, 1.807) is 4.90 Å². The lowest BCUT2D eigenvalue weighted by molar-refractivity contribution is -0.141. The van der Waals surface area contributed by atoms with Crippen LogP contribution in [0.3, 0.4) is 0 Å². The summed E-state index contributed by atoms with van der Waals surface area (Å²) in [7, 11) is 0. The highest BCUT2D eigenvalue weighted by Gasteiger charge is 2.30. The molecular weight excluding hydrogens is 396 g/mol. The molecule has 2 aromatic rings. The second-order valence-corrected chi connectivity index (χ2v) is 8.48. The molecule has 0 bridgehead atoms. The summed E-state index contributed by atoms with van der Waals surface area (Å²) >= 11 is 6.02. The van der Waals surface area contributed by atoms with E-state index in [1.165, 1.54) is 0 Å². The van der Waals surface area contributed by atoms with Crippen LogP contribution >= 0.6 is 11.6 Å². The molecule has 1 N–H and O–H groups in total. The lowest BCUT2D eigenvalue weighted by atomic mass is 10.1. The van der Waals surface area contributed by atoms with Gasteiger partial charge in [0, 0.05) is 24.0 Å². The van der Waals surface area contributed by atoms with Crippen molar-refractivity contribution >= 4 is 23.4 Å². The molecule has 1 atom stereocenters. The second kappa shape index (κ2) is 11.2. The van der Waals surface area contributed by atoms with Crippen molar-refractivity contribution in [1.29, 1.82) is 0 Å². The Morgan fingerprint density at radius 3 is 2.33 bits per heavy atom. The molecule has 160 valence electrons. The van der Waals surface area contributed by atoms with Gasteiger partial charge in [0.1, 0.15) is 6.04 Å². The Bertz CT molecular complexity index is 817. The lowest BCUT2D eigenvalue weighted by Crippen LogP contribution is -2.51. The third-order valence-corrected chi connectivity index (χ3v) is 6.08. The number of aryl methyl sites for hydroxylation is 1. The Balaban J connectivity index is 1.74. The first-order valence-corrected chi connectivity index (χ1v) is 11.3. The minimum absolute atomic E-state index is 0.00206. The molecule has 1 aliphatic carbocycles. The van der Waals surface area contributed by atoms with Crippen molar-refractivity contribution in [3.8, 4) is 0 Å². The Morgan fingerprint density at radius 1 is 1.03 bits per heavy atom. The lowest BCUT2D eigenvalue weighted by Gasteiger charge is -2.31. The minimum atomic E-state index is -0.468. The molecule has 2 aromatic carbocycles. The predicted molar refractivity (Wildman–Crippen MR) is 121 cm³/mol. The van der Waals surface area contributed by atoms with E-state index in [9.17, 15) is 9.59 Å². The third kappa shape index (κ3) is 6.33. The summed E-state index contributed by atoms with van der Waals surface area (Å²) in [5, 5.41) is 3.84. The zero-order valence-corrected chi connectivity index (χ0v) is 18.4. The van der Waals surface area contributed by atoms with E-state index in [2.05, 4.69) is 5.32 Å². The highest BCUT2D eigenvalue weighted by atomic mass is 35.5. The molecule has 0 aliphatic heterocycles. The molecule has 0 aromatic heterocycles. The fraction of sp³-hybridized carbons (Fsp3) is 0.440. The van der Waals surface area contributed by atoms with Gasteiger partial charge < -0.3 is 10.2 Å². The van der Waals surface area contributed by atoms with E-state index >= 15 is 0 Å². The van der Waals surface area contributed by atoms with Crippen molar-refractivity contribution in [2.75, 3.05) is 0 Å². The molecular formula is C25H31ClN2O2. The number of hydrogen-bond acceptors (Lipinski definition) is 2. The van der Waals surface area contributed by atoms with Crippen LogP contribution in [0.1, 0.15) is 56.6 Å². The number of halogens is 1. The number of carbonyl (C=O) groups is 2. The fourth-order valence-electron chi connectivity index (χ4n) is 4.11. The van der Waals surface area contributed by atoms with E-state index in [0.29, 0.717) is 30.8 Å². The van der Waals surface area contributed by atoms with Crippen molar-refractivity contribution in [2.45, 2.75) is 70.5 Å². The van der Waals surface area contributed by atoms with E-state index in [1.807, 2.05) is 61.5 Å². The first kappa shape index (κ1) is 22.4. The van der Waals surface area contributed by atoms with E-state index < -0.39 is 6.04 Å². The maximum atomic E-state index is 13.2. The van der Waals surface area contributed by atoms with Crippen LogP contribution in [0.4, 0.5) is 0 Å². The molecule has 3 rings (SSSR count). The fourth-order valence-corrected chi connectivity index (χ4v) is 4.24. The normalized spacial score (nSPS) is 15.0. The summed E-state index contributed by atoms with van der Waals surface area (Å²) in [4.78, 5) is 28.1. The van der Waals surface area contributed by atoms with Gasteiger partial charge in [-0.05, 0) is 48.9 Å². The van der Waals surface area contributed by atoms with Gasteiger partial charge in [0.15, 0.2) is 0 Å². The van der Waals surface area contributed by atoms with Gasteiger partial charge in [-0.1, -0.05) is 73.8 Å². The standard InChI is InChI=1S/C25H31ClN2O2/c1-2-23(25(30)27-22-10-6-7-11-22)28(18-20-12-15-21(26)16-13-20)24(29)17-14-19-8-4-3-5-9-19/h3-5,8-9,12-13,15-16,22-23H,2,6-7,10-11,14,17-18H2,1H3,(H,27,30). The van der Waals surface area contributed by atoms with Gasteiger partial charge in [0.2, 0.25) is 11.8 Å². The number of benzene rings is 2. The molecule has 2 amide bonds. The van der Waals surface area contributed by atoms with Gasteiger partial charge in [0.05, 0.1) is 0 Å². The Labute approximate surface area is 184 Å². The number of amides is 2. The van der Waals surface area contributed by atoms with Gasteiger partial charge in [-0.15, -0.1) is 0 Å². The summed E-state index contributed by atoms with van der Waals surface area (Å²) in [6.07, 6.45) is 6.01. The van der Waals surface area contributed by atoms with Crippen LogP contribution in [-0.4, -0.2) is 28.8 Å². The Morgan fingerprint density at radius 2 is 1.70 bits per heavy atom. The topological polar surface area (TPSA) is 49.4 Å². The maximum absolute atomic E-state index is 13.2. The van der Waals surface area contributed by atoms with Crippen molar-refractivity contribution in [1.82, 2.24) is 10.2 Å². The van der Waals surface area contributed by atoms with Crippen LogP contribution in [0.5, 0.6) is 0 Å². The summed E-state index contributed by atoms with van der Waals surface area (Å²) in [6, 6.07) is 17.2. The Hall–Kier alpha value is -2.33. The van der Waals surface area contributed by atoms with E-state index in [4.69, 9.17) is 11.6 Å². The number of hydrogen-bond donors (Lipinski definition) is 1. The van der Waals surface area contributed by atoms with Crippen LogP contribution < -0.4 is 5.32 Å². The van der Waals surface area contributed by atoms with Gasteiger partial charge in [-0.25, -0.2) is 0 Å². The molecule has 1 aliphatic rings. The average molecular weight is 427 g/mol. The largest absolute Gasteiger partial charge is 0.352 e. The molecule has 0 spiro atoms. The van der Waals surface area contributed by atoms with Crippen molar-refractivity contribution < 1.29 is 9.59 Å². The first-order chi connectivity index (χ1) is 14.6. The van der Waals surface area contributed by atoms with Crippen LogP contribution in [0, 0.1) is 0 Å². The smallest absolute Gasteiger partial charge is 0.243 e. The van der Waals surface area contributed by atoms with Crippen molar-refractivity contribution in [2.24, 2.45) is 0 Å². The van der Waals surface area contributed by atoms with Crippen LogP contribution in [0.25, 0.3) is 0 Å². The van der Waals surface area contributed by atoms with Crippen LogP contribution in [0.2, 0.25) is 5.02 Å². The molecule has 30 heavy (non-hydrogen) atoms. The van der Waals surface area contributed by atoms with E-state index in [-0.39, 0.29) is 17.9 Å². The molecule has 1 unspecified atom stereocenters. The number of nitrogens with one attached hydrogen (secondary N) is 1. The zero-order chi connectivity index (χ0) is 21.3. The molecule has 5 heteroatoms. The second-order valence-electron chi connectivity index (χ2n) is 8.05. The summed E-state index contributed by atoms with van der Waals surface area (Å²) in [5.41, 5.74) is 2.10. The van der Waals surface area contributed by atoms with Gasteiger partial charge in [-0.3, -0.25) is 9.59 Å². The zero-order valence-electron chi connectivity index (χ0n) is 17.6. The molecule has 4 nitrogen and oxygen atoms in total. The molecule has 0 saturated heterocycles. The first-order valence-electron chi connectivity index (χ1n) is 10.9. The number of rotatable bonds is 9.